The lowest BCUT2D eigenvalue weighted by atomic mass is 10.2. The second kappa shape index (κ2) is 13.1. The summed E-state index contributed by atoms with van der Waals surface area (Å²) in [6.45, 7) is 4.92. The molecular formula is C31H31F3N6O5. The molecule has 0 atom stereocenters. The number of hydrogen-bond acceptors (Lipinski definition) is 10. The molecule has 236 valence electrons. The SMILES string of the molecule is Cc1c(OCC(F)(F)F)ccnc1COc1ccc(Nc2ncnc3cc4oc(=O)n(CCCN5CCOCC5)c4cc23)cc1. The second-order valence-corrected chi connectivity index (χ2v) is 10.6. The molecule has 0 saturated carbocycles. The number of fused-ring (bicyclic) bond motifs is 2. The first-order valence-electron chi connectivity index (χ1n) is 14.5. The first-order chi connectivity index (χ1) is 21.7. The highest BCUT2D eigenvalue weighted by atomic mass is 19.4. The van der Waals surface area contributed by atoms with Crippen LogP contribution in [0.25, 0.3) is 22.0 Å². The van der Waals surface area contributed by atoms with Gasteiger partial charge in [0.05, 0.1) is 29.9 Å². The fourth-order valence-corrected chi connectivity index (χ4v) is 5.14. The van der Waals surface area contributed by atoms with Crippen LogP contribution in [-0.2, 0) is 17.9 Å². The normalized spacial score (nSPS) is 14.2. The maximum absolute atomic E-state index is 12.7. The number of morpholine rings is 1. The quantitative estimate of drug-likeness (QED) is 0.210. The number of oxazole rings is 1. The summed E-state index contributed by atoms with van der Waals surface area (Å²) < 4.78 is 61.0. The molecule has 1 aliphatic heterocycles. The number of ether oxygens (including phenoxy) is 3. The monoisotopic (exact) mass is 624 g/mol. The van der Waals surface area contributed by atoms with Crippen molar-refractivity contribution in [3.63, 3.8) is 0 Å². The fourth-order valence-electron chi connectivity index (χ4n) is 5.14. The Morgan fingerprint density at radius 1 is 1.00 bits per heavy atom. The van der Waals surface area contributed by atoms with E-state index in [-0.39, 0.29) is 12.4 Å². The minimum Gasteiger partial charge on any atom is -0.487 e. The molecule has 0 aliphatic carbocycles. The largest absolute Gasteiger partial charge is 0.487 e. The minimum atomic E-state index is -4.43. The smallest absolute Gasteiger partial charge is 0.422 e. The van der Waals surface area contributed by atoms with Crippen molar-refractivity contribution >= 4 is 33.5 Å². The van der Waals surface area contributed by atoms with Gasteiger partial charge in [-0.1, -0.05) is 0 Å². The maximum Gasteiger partial charge on any atom is 0.422 e. The molecule has 0 bridgehead atoms. The molecule has 5 aromatic rings. The van der Waals surface area contributed by atoms with E-state index >= 15 is 0 Å². The highest BCUT2D eigenvalue weighted by molar-refractivity contribution is 5.98. The molecule has 14 heteroatoms. The third-order valence-electron chi connectivity index (χ3n) is 7.53. The summed E-state index contributed by atoms with van der Waals surface area (Å²) in [5.41, 5.74) is 3.44. The predicted octanol–water partition coefficient (Wildman–Crippen LogP) is 5.23. The topological polar surface area (TPSA) is 117 Å². The highest BCUT2D eigenvalue weighted by Crippen LogP contribution is 2.29. The fraction of sp³-hybridized carbons (Fsp3) is 0.355. The van der Waals surface area contributed by atoms with E-state index in [1.807, 2.05) is 18.2 Å². The van der Waals surface area contributed by atoms with E-state index in [1.165, 1.54) is 18.6 Å². The average Bonchev–Trinajstić information content (AvgIpc) is 3.33. The van der Waals surface area contributed by atoms with Gasteiger partial charge in [0.2, 0.25) is 0 Å². The van der Waals surface area contributed by atoms with E-state index in [2.05, 4.69) is 25.2 Å². The maximum atomic E-state index is 12.7. The molecule has 3 aromatic heterocycles. The van der Waals surface area contributed by atoms with Gasteiger partial charge in [-0.2, -0.15) is 13.2 Å². The lowest BCUT2D eigenvalue weighted by molar-refractivity contribution is -0.153. The zero-order chi connectivity index (χ0) is 31.4. The van der Waals surface area contributed by atoms with Crippen molar-refractivity contribution in [2.45, 2.75) is 32.7 Å². The molecule has 1 saturated heterocycles. The summed E-state index contributed by atoms with van der Waals surface area (Å²) in [5.74, 6) is 0.790. The number of rotatable bonds is 11. The summed E-state index contributed by atoms with van der Waals surface area (Å²) in [6, 6.07) is 12.1. The summed E-state index contributed by atoms with van der Waals surface area (Å²) in [6.07, 6.45) is -0.812. The number of alkyl halides is 3. The van der Waals surface area contributed by atoms with E-state index < -0.39 is 18.5 Å². The van der Waals surface area contributed by atoms with Crippen LogP contribution >= 0.6 is 0 Å². The van der Waals surface area contributed by atoms with Crippen molar-refractivity contribution in [1.29, 1.82) is 0 Å². The molecule has 2 aromatic carbocycles. The Hall–Kier alpha value is -4.69. The molecule has 0 spiro atoms. The Balaban J connectivity index is 1.13. The molecule has 11 nitrogen and oxygen atoms in total. The minimum absolute atomic E-state index is 0.0488. The lowest BCUT2D eigenvalue weighted by Crippen LogP contribution is -2.37. The Bertz CT molecular complexity index is 1830. The first-order valence-corrected chi connectivity index (χ1v) is 14.5. The number of aromatic nitrogens is 4. The molecule has 1 N–H and O–H groups in total. The lowest BCUT2D eigenvalue weighted by Gasteiger charge is -2.26. The number of anilines is 2. The Labute approximate surface area is 255 Å². The highest BCUT2D eigenvalue weighted by Gasteiger charge is 2.29. The number of aryl methyl sites for hydroxylation is 1. The van der Waals surface area contributed by atoms with Crippen molar-refractivity contribution in [3.05, 3.63) is 76.8 Å². The van der Waals surface area contributed by atoms with Gasteiger partial charge >= 0.3 is 11.9 Å². The first kappa shape index (κ1) is 30.3. The molecule has 1 fully saturated rings. The second-order valence-electron chi connectivity index (χ2n) is 10.6. The van der Waals surface area contributed by atoms with E-state index in [0.717, 1.165) is 50.3 Å². The van der Waals surface area contributed by atoms with Crippen LogP contribution in [0.1, 0.15) is 17.7 Å². The Morgan fingerprint density at radius 3 is 2.58 bits per heavy atom. The van der Waals surface area contributed by atoms with E-state index in [1.54, 1.807) is 29.7 Å². The van der Waals surface area contributed by atoms with Crippen molar-refractivity contribution in [2.75, 3.05) is 44.8 Å². The third kappa shape index (κ3) is 7.35. The van der Waals surface area contributed by atoms with Crippen LogP contribution < -0.4 is 20.5 Å². The van der Waals surface area contributed by atoms with Crippen LogP contribution in [0.2, 0.25) is 0 Å². The van der Waals surface area contributed by atoms with Crippen LogP contribution in [0.3, 0.4) is 0 Å². The van der Waals surface area contributed by atoms with Gasteiger partial charge in [0.1, 0.15) is 30.3 Å². The van der Waals surface area contributed by atoms with Crippen LogP contribution in [-0.4, -0.2) is 70.1 Å². The zero-order valence-electron chi connectivity index (χ0n) is 24.5. The molecule has 1 aliphatic rings. The van der Waals surface area contributed by atoms with E-state index in [4.69, 9.17) is 18.6 Å². The molecule has 4 heterocycles. The number of benzene rings is 2. The zero-order valence-corrected chi connectivity index (χ0v) is 24.5. The summed E-state index contributed by atoms with van der Waals surface area (Å²) in [5, 5.41) is 4.03. The Kier molecular flexibility index (Phi) is 8.85. The van der Waals surface area contributed by atoms with Gasteiger partial charge in [0.25, 0.3) is 0 Å². The van der Waals surface area contributed by atoms with Crippen molar-refractivity contribution in [3.8, 4) is 11.5 Å². The van der Waals surface area contributed by atoms with Gasteiger partial charge in [0.15, 0.2) is 12.2 Å². The van der Waals surface area contributed by atoms with Crippen LogP contribution in [0.5, 0.6) is 11.5 Å². The van der Waals surface area contributed by atoms with Crippen molar-refractivity contribution < 1.29 is 31.8 Å². The molecular weight excluding hydrogens is 593 g/mol. The van der Waals surface area contributed by atoms with Gasteiger partial charge in [-0.15, -0.1) is 0 Å². The van der Waals surface area contributed by atoms with Gasteiger partial charge < -0.3 is 23.9 Å². The van der Waals surface area contributed by atoms with Gasteiger partial charge in [-0.05, 0) is 49.7 Å². The molecule has 45 heavy (non-hydrogen) atoms. The summed E-state index contributed by atoms with van der Waals surface area (Å²) in [7, 11) is 0. The van der Waals surface area contributed by atoms with E-state index in [9.17, 15) is 18.0 Å². The molecule has 6 rings (SSSR count). The third-order valence-corrected chi connectivity index (χ3v) is 7.53. The van der Waals surface area contributed by atoms with Crippen molar-refractivity contribution in [1.82, 2.24) is 24.4 Å². The van der Waals surface area contributed by atoms with Crippen LogP contribution in [0.15, 0.2) is 64.2 Å². The van der Waals surface area contributed by atoms with Crippen LogP contribution in [0.4, 0.5) is 24.7 Å². The molecule has 0 unspecified atom stereocenters. The van der Waals surface area contributed by atoms with Gasteiger partial charge in [-0.25, -0.2) is 14.8 Å². The van der Waals surface area contributed by atoms with E-state index in [0.29, 0.717) is 46.0 Å². The van der Waals surface area contributed by atoms with Gasteiger partial charge in [0, 0.05) is 55.1 Å². The number of nitrogens with one attached hydrogen (secondary N) is 1. The predicted molar refractivity (Wildman–Crippen MR) is 160 cm³/mol. The van der Waals surface area contributed by atoms with Crippen molar-refractivity contribution in [2.24, 2.45) is 0 Å². The van der Waals surface area contributed by atoms with Gasteiger partial charge in [-0.3, -0.25) is 14.5 Å². The molecule has 0 amide bonds. The number of halogens is 3. The number of hydrogen-bond donors (Lipinski definition) is 1. The average molecular weight is 625 g/mol. The standard InChI is InChI=1S/C31H31F3N6O5/c1-20-25(35-8-7-27(20)44-18-31(32,33)34)17-43-22-5-3-21(4-6-22)38-29-23-15-26-28(16-24(23)36-19-37-29)45-30(41)40(26)10-2-9-39-11-13-42-14-12-39/h3-8,15-16,19H,2,9-14,17-18H2,1H3,(H,36,37,38). The van der Waals surface area contributed by atoms with Crippen LogP contribution in [0, 0.1) is 6.92 Å². The number of pyridine rings is 1. The number of nitrogens with zero attached hydrogens (tertiary/aromatic N) is 5. The summed E-state index contributed by atoms with van der Waals surface area (Å²) in [4.78, 5) is 28.0. The summed E-state index contributed by atoms with van der Waals surface area (Å²) >= 11 is 0. The Morgan fingerprint density at radius 2 is 1.80 bits per heavy atom. The molecule has 0 radical (unpaired) electrons.